The molecule has 0 fully saturated rings. The summed E-state index contributed by atoms with van der Waals surface area (Å²) >= 11 is 5.82. The third kappa shape index (κ3) is 3.15. The Morgan fingerprint density at radius 1 is 1.29 bits per heavy atom. The van der Waals surface area contributed by atoms with Crippen LogP contribution in [0, 0.1) is 24.1 Å². The molecule has 0 saturated carbocycles. The van der Waals surface area contributed by atoms with E-state index >= 15 is 0 Å². The highest BCUT2D eigenvalue weighted by Crippen LogP contribution is 2.24. The largest absolute Gasteiger partial charge is 0.279 e. The molecule has 21 heavy (non-hydrogen) atoms. The summed E-state index contributed by atoms with van der Waals surface area (Å²) in [4.78, 5) is -0.102. The summed E-state index contributed by atoms with van der Waals surface area (Å²) in [6.07, 6.45) is 0. The van der Waals surface area contributed by atoms with Gasteiger partial charge in [-0.15, -0.1) is 0 Å². The van der Waals surface area contributed by atoms with Gasteiger partial charge in [-0.2, -0.15) is 5.26 Å². The second-order valence-corrected chi connectivity index (χ2v) is 6.36. The van der Waals surface area contributed by atoms with Crippen molar-refractivity contribution in [3.8, 4) is 6.07 Å². The highest BCUT2D eigenvalue weighted by molar-refractivity contribution is 7.92. The maximum atomic E-state index is 13.4. The smallest absolute Gasteiger partial charge is 0.261 e. The number of nitriles is 1. The van der Waals surface area contributed by atoms with Crippen LogP contribution in [0.1, 0.15) is 11.1 Å². The van der Waals surface area contributed by atoms with Gasteiger partial charge < -0.3 is 0 Å². The highest BCUT2D eigenvalue weighted by Gasteiger charge is 2.17. The molecule has 4 nitrogen and oxygen atoms in total. The Morgan fingerprint density at radius 2 is 2.00 bits per heavy atom. The molecule has 0 atom stereocenters. The molecule has 0 saturated heterocycles. The van der Waals surface area contributed by atoms with Crippen molar-refractivity contribution in [1.82, 2.24) is 0 Å². The Kier molecular flexibility index (Phi) is 4.16. The van der Waals surface area contributed by atoms with Crippen LogP contribution in [0.15, 0.2) is 41.3 Å². The second kappa shape index (κ2) is 5.72. The Bertz CT molecular complexity index is 845. The van der Waals surface area contributed by atoms with Crippen molar-refractivity contribution in [2.75, 3.05) is 4.72 Å². The van der Waals surface area contributed by atoms with Crippen molar-refractivity contribution in [1.29, 1.82) is 5.26 Å². The molecule has 0 heterocycles. The quantitative estimate of drug-likeness (QED) is 0.940. The van der Waals surface area contributed by atoms with Crippen LogP contribution >= 0.6 is 11.6 Å². The van der Waals surface area contributed by atoms with Crippen molar-refractivity contribution in [2.45, 2.75) is 11.8 Å². The van der Waals surface area contributed by atoms with Crippen molar-refractivity contribution >= 4 is 27.3 Å². The van der Waals surface area contributed by atoms with Gasteiger partial charge in [-0.1, -0.05) is 17.7 Å². The van der Waals surface area contributed by atoms with Crippen molar-refractivity contribution < 1.29 is 12.8 Å². The number of nitrogens with zero attached hydrogens (tertiary/aromatic N) is 1. The standard InChI is InChI=1S/C14H10ClFN2O2S/c1-9-13(16)3-2-4-14(9)18-21(19,20)11-6-5-10(8-17)12(15)7-11/h2-7,18H,1H3. The molecule has 0 unspecified atom stereocenters. The van der Waals surface area contributed by atoms with Crippen LogP contribution in [0.25, 0.3) is 0 Å². The fourth-order valence-electron chi connectivity index (χ4n) is 1.68. The fraction of sp³-hybridized carbons (Fsp3) is 0.0714. The Morgan fingerprint density at radius 3 is 2.62 bits per heavy atom. The summed E-state index contributed by atoms with van der Waals surface area (Å²) in [7, 11) is -3.91. The lowest BCUT2D eigenvalue weighted by Crippen LogP contribution is -2.14. The predicted molar refractivity (Wildman–Crippen MR) is 78.1 cm³/mol. The van der Waals surface area contributed by atoms with Gasteiger partial charge >= 0.3 is 0 Å². The number of nitrogens with one attached hydrogen (secondary N) is 1. The number of hydrogen-bond acceptors (Lipinski definition) is 3. The van der Waals surface area contributed by atoms with Gasteiger partial charge in [-0.25, -0.2) is 12.8 Å². The molecular formula is C14H10ClFN2O2S. The topological polar surface area (TPSA) is 70.0 Å². The zero-order valence-corrected chi connectivity index (χ0v) is 12.5. The number of hydrogen-bond donors (Lipinski definition) is 1. The van der Waals surface area contributed by atoms with Gasteiger partial charge in [0.1, 0.15) is 11.9 Å². The first-order valence-corrected chi connectivity index (χ1v) is 7.69. The molecule has 1 N–H and O–H groups in total. The predicted octanol–water partition coefficient (Wildman–Crippen LogP) is 3.46. The third-order valence-electron chi connectivity index (χ3n) is 2.88. The number of sulfonamides is 1. The first-order valence-electron chi connectivity index (χ1n) is 5.83. The zero-order chi connectivity index (χ0) is 15.6. The van der Waals surface area contributed by atoms with Crippen LogP contribution < -0.4 is 4.72 Å². The number of halogens is 2. The van der Waals surface area contributed by atoms with Gasteiger partial charge in [0.05, 0.1) is 21.2 Å². The van der Waals surface area contributed by atoms with E-state index < -0.39 is 15.8 Å². The van der Waals surface area contributed by atoms with Crippen LogP contribution in [0.2, 0.25) is 5.02 Å². The summed E-state index contributed by atoms with van der Waals surface area (Å²) in [5.74, 6) is -0.506. The first-order chi connectivity index (χ1) is 9.85. The van der Waals surface area contributed by atoms with Gasteiger partial charge in [-0.05, 0) is 37.3 Å². The minimum Gasteiger partial charge on any atom is -0.279 e. The number of benzene rings is 2. The maximum absolute atomic E-state index is 13.4. The number of anilines is 1. The highest BCUT2D eigenvalue weighted by atomic mass is 35.5. The van der Waals surface area contributed by atoms with E-state index in [1.54, 1.807) is 0 Å². The average molecular weight is 325 g/mol. The zero-order valence-electron chi connectivity index (χ0n) is 10.9. The monoisotopic (exact) mass is 324 g/mol. The molecule has 2 aromatic carbocycles. The second-order valence-electron chi connectivity index (χ2n) is 4.27. The molecule has 0 aliphatic rings. The lowest BCUT2D eigenvalue weighted by atomic mass is 10.2. The Balaban J connectivity index is 2.41. The first kappa shape index (κ1) is 15.3. The SMILES string of the molecule is Cc1c(F)cccc1NS(=O)(=O)c1ccc(C#N)c(Cl)c1. The van der Waals surface area contributed by atoms with Crippen LogP contribution in [-0.2, 0) is 10.0 Å². The summed E-state index contributed by atoms with van der Waals surface area (Å²) in [6, 6.07) is 9.71. The van der Waals surface area contributed by atoms with Crippen LogP contribution in [0.3, 0.4) is 0 Å². The van der Waals surface area contributed by atoms with Gasteiger partial charge in [0.25, 0.3) is 10.0 Å². The van der Waals surface area contributed by atoms with Gasteiger partial charge in [-0.3, -0.25) is 4.72 Å². The average Bonchev–Trinajstić information content (AvgIpc) is 2.43. The lowest BCUT2D eigenvalue weighted by Gasteiger charge is -2.11. The van der Waals surface area contributed by atoms with E-state index in [1.165, 1.54) is 43.3 Å². The van der Waals surface area contributed by atoms with Crippen LogP contribution in [0.4, 0.5) is 10.1 Å². The van der Waals surface area contributed by atoms with Crippen molar-refractivity contribution in [2.24, 2.45) is 0 Å². The van der Waals surface area contributed by atoms with Gasteiger partial charge in [0.15, 0.2) is 0 Å². The van der Waals surface area contributed by atoms with Gasteiger partial charge in [0, 0.05) is 5.56 Å². The van der Waals surface area contributed by atoms with Crippen LogP contribution in [-0.4, -0.2) is 8.42 Å². The van der Waals surface area contributed by atoms with E-state index in [0.29, 0.717) is 0 Å². The normalized spacial score (nSPS) is 11.0. The minimum absolute atomic E-state index is 0.0383. The summed E-state index contributed by atoms with van der Waals surface area (Å²) in [5.41, 5.74) is 0.522. The molecule has 0 aliphatic carbocycles. The molecule has 0 amide bonds. The van der Waals surface area contributed by atoms with E-state index in [1.807, 2.05) is 6.07 Å². The molecule has 0 aliphatic heterocycles. The summed E-state index contributed by atoms with van der Waals surface area (Å²) < 4.78 is 40.2. The van der Waals surface area contributed by atoms with Crippen LogP contribution in [0.5, 0.6) is 0 Å². The van der Waals surface area contributed by atoms with E-state index in [0.717, 1.165) is 0 Å². The van der Waals surface area contributed by atoms with E-state index in [-0.39, 0.29) is 26.7 Å². The molecular weight excluding hydrogens is 315 g/mol. The van der Waals surface area contributed by atoms with E-state index in [9.17, 15) is 12.8 Å². The van der Waals surface area contributed by atoms with Gasteiger partial charge in [0.2, 0.25) is 0 Å². The molecule has 108 valence electrons. The molecule has 0 spiro atoms. The van der Waals surface area contributed by atoms with E-state index in [2.05, 4.69) is 4.72 Å². The molecule has 2 rings (SSSR count). The number of rotatable bonds is 3. The minimum atomic E-state index is -3.91. The lowest BCUT2D eigenvalue weighted by molar-refractivity contribution is 0.600. The fourth-order valence-corrected chi connectivity index (χ4v) is 3.11. The maximum Gasteiger partial charge on any atom is 0.261 e. The molecule has 0 aromatic heterocycles. The molecule has 7 heteroatoms. The molecule has 0 radical (unpaired) electrons. The van der Waals surface area contributed by atoms with Crippen molar-refractivity contribution in [3.63, 3.8) is 0 Å². The molecule has 0 bridgehead atoms. The van der Waals surface area contributed by atoms with Crippen molar-refractivity contribution in [3.05, 3.63) is 58.4 Å². The third-order valence-corrected chi connectivity index (χ3v) is 4.56. The summed E-state index contributed by atoms with van der Waals surface area (Å²) in [5, 5.41) is 8.81. The summed E-state index contributed by atoms with van der Waals surface area (Å²) in [6.45, 7) is 1.47. The Labute approximate surface area is 126 Å². The Hall–Kier alpha value is -2.10. The molecule has 2 aromatic rings. The van der Waals surface area contributed by atoms with E-state index in [4.69, 9.17) is 16.9 Å².